The van der Waals surface area contributed by atoms with Gasteiger partial charge in [0, 0.05) is 0 Å². The lowest BCUT2D eigenvalue weighted by atomic mass is 10.4. The maximum absolute atomic E-state index is 11.8. The Morgan fingerprint density at radius 2 is 1.88 bits per heavy atom. The van der Waals surface area contributed by atoms with Gasteiger partial charge in [-0.2, -0.15) is 8.78 Å². The van der Waals surface area contributed by atoms with E-state index in [4.69, 9.17) is 0 Å². The first-order chi connectivity index (χ1) is 3.50. The van der Waals surface area contributed by atoms with Crippen LogP contribution in [0.25, 0.3) is 0 Å². The molecule has 0 amide bonds. The Bertz CT molecular complexity index is 72.9. The summed E-state index contributed by atoms with van der Waals surface area (Å²) in [6, 6.07) is 0. The van der Waals surface area contributed by atoms with Crippen molar-refractivity contribution >= 4 is 23.2 Å². The minimum Gasteiger partial charge on any atom is -0.218 e. The van der Waals surface area contributed by atoms with Gasteiger partial charge in [-0.25, -0.2) is 4.39 Å². The Morgan fingerprint density at radius 3 is 1.88 bits per heavy atom. The molecule has 8 heavy (non-hydrogen) atoms. The summed E-state index contributed by atoms with van der Waals surface area (Å²) in [7, 11) is 0. The van der Waals surface area contributed by atoms with Crippen LogP contribution in [0, 0.1) is 6.43 Å². The minimum atomic E-state index is -3.14. The van der Waals surface area contributed by atoms with E-state index in [0.29, 0.717) is 0 Å². The molecule has 0 saturated carbocycles. The molecule has 1 radical (unpaired) electrons. The van der Waals surface area contributed by atoms with Crippen LogP contribution in [0.1, 0.15) is 0 Å². The van der Waals surface area contributed by atoms with Crippen LogP contribution < -0.4 is 0 Å². The van der Waals surface area contributed by atoms with Crippen LogP contribution in [0.4, 0.5) is 13.2 Å². The third kappa shape index (κ3) is 2.09. The van der Waals surface area contributed by atoms with Crippen LogP contribution in [0.15, 0.2) is 0 Å². The average Bonchev–Trinajstić information content (AvgIpc) is 1.67. The maximum atomic E-state index is 11.8. The Balaban J connectivity index is 3.71. The molecule has 0 aromatic rings. The van der Waals surface area contributed by atoms with E-state index in [-0.39, 0.29) is 0 Å². The first-order valence-electron chi connectivity index (χ1n) is 1.63. The predicted molar refractivity (Wildman–Crippen MR) is 25.9 cm³/mol. The molecule has 0 heterocycles. The average molecular weight is 166 g/mol. The number of hydrogen-bond acceptors (Lipinski definition) is 0. The van der Waals surface area contributed by atoms with Gasteiger partial charge in [0.1, 0.15) is 0 Å². The zero-order valence-corrected chi connectivity index (χ0v) is 5.11. The fourth-order valence-electron chi connectivity index (χ4n) is 0.0505. The van der Waals surface area contributed by atoms with Crippen molar-refractivity contribution in [3.8, 4) is 0 Å². The van der Waals surface area contributed by atoms with E-state index < -0.39 is 17.4 Å². The van der Waals surface area contributed by atoms with E-state index in [0.717, 1.165) is 0 Å². The van der Waals surface area contributed by atoms with Gasteiger partial charge in [-0.1, -0.05) is 11.6 Å². The second kappa shape index (κ2) is 2.78. The van der Waals surface area contributed by atoms with E-state index in [9.17, 15) is 13.2 Å². The molecule has 0 spiro atoms. The zero-order chi connectivity index (χ0) is 6.78. The van der Waals surface area contributed by atoms with E-state index in [2.05, 4.69) is 23.2 Å². The van der Waals surface area contributed by atoms with Crippen LogP contribution in [0.3, 0.4) is 0 Å². The molecule has 0 N–H and O–H groups in total. The van der Waals surface area contributed by atoms with Crippen molar-refractivity contribution < 1.29 is 13.2 Å². The largest absolute Gasteiger partial charge is 0.362 e. The highest BCUT2D eigenvalue weighted by atomic mass is 35.5. The van der Waals surface area contributed by atoms with E-state index in [1.165, 1.54) is 0 Å². The van der Waals surface area contributed by atoms with Gasteiger partial charge in [0.25, 0.3) is 5.13 Å². The molecule has 0 fully saturated rings. The lowest BCUT2D eigenvalue weighted by Gasteiger charge is -2.09. The highest BCUT2D eigenvalue weighted by molar-refractivity contribution is 6.30. The molecular formula is C3H2Cl2F3. The van der Waals surface area contributed by atoms with E-state index in [1.54, 1.807) is 0 Å². The summed E-state index contributed by atoms with van der Waals surface area (Å²) in [6.07, 6.45) is -2.51. The van der Waals surface area contributed by atoms with E-state index in [1.807, 2.05) is 0 Å². The molecule has 0 nitrogen and oxygen atoms in total. The molecule has 0 aliphatic carbocycles. The molecule has 0 aromatic heterocycles. The Morgan fingerprint density at radius 1 is 1.50 bits per heavy atom. The molecule has 1 unspecified atom stereocenters. The first-order valence-corrected chi connectivity index (χ1v) is 2.54. The highest BCUT2D eigenvalue weighted by Gasteiger charge is 2.39. The third-order valence-corrected chi connectivity index (χ3v) is 1.23. The zero-order valence-electron chi connectivity index (χ0n) is 3.60. The molecule has 5 heteroatoms. The SMILES string of the molecule is F[C](F)C(F)(Cl)CCl. The van der Waals surface area contributed by atoms with Crippen molar-refractivity contribution in [1.82, 2.24) is 0 Å². The monoisotopic (exact) mass is 165 g/mol. The van der Waals surface area contributed by atoms with Gasteiger partial charge in [-0.15, -0.1) is 11.6 Å². The van der Waals surface area contributed by atoms with E-state index >= 15 is 0 Å². The van der Waals surface area contributed by atoms with Gasteiger partial charge in [-0.3, -0.25) is 0 Å². The molecular weight excluding hydrogens is 164 g/mol. The van der Waals surface area contributed by atoms with Crippen molar-refractivity contribution in [2.45, 2.75) is 5.13 Å². The van der Waals surface area contributed by atoms with Gasteiger partial charge in [0.2, 0.25) is 0 Å². The molecule has 0 aliphatic heterocycles. The number of rotatable bonds is 2. The van der Waals surface area contributed by atoms with Crippen molar-refractivity contribution in [1.29, 1.82) is 0 Å². The second-order valence-electron chi connectivity index (χ2n) is 1.10. The van der Waals surface area contributed by atoms with Crippen molar-refractivity contribution in [3.63, 3.8) is 0 Å². The van der Waals surface area contributed by atoms with Gasteiger partial charge in [0.15, 0.2) is 0 Å². The topological polar surface area (TPSA) is 0 Å². The minimum absolute atomic E-state index is 0.934. The Kier molecular flexibility index (Phi) is 2.91. The first kappa shape index (κ1) is 8.37. The fourth-order valence-corrected chi connectivity index (χ4v) is 0.152. The summed E-state index contributed by atoms with van der Waals surface area (Å²) >= 11 is 9.15. The van der Waals surface area contributed by atoms with Crippen molar-refractivity contribution in [2.24, 2.45) is 0 Å². The van der Waals surface area contributed by atoms with Crippen LogP contribution in [-0.4, -0.2) is 11.0 Å². The van der Waals surface area contributed by atoms with Crippen LogP contribution in [0.5, 0.6) is 0 Å². The quantitative estimate of drug-likeness (QED) is 0.553. The van der Waals surface area contributed by atoms with Gasteiger partial charge in [0.05, 0.1) is 5.88 Å². The van der Waals surface area contributed by atoms with Crippen LogP contribution >= 0.6 is 23.2 Å². The second-order valence-corrected chi connectivity index (χ2v) is 1.96. The van der Waals surface area contributed by atoms with Gasteiger partial charge >= 0.3 is 6.43 Å². The maximum Gasteiger partial charge on any atom is 0.362 e. The summed E-state index contributed by atoms with van der Waals surface area (Å²) in [5.74, 6) is -0.934. The van der Waals surface area contributed by atoms with Crippen molar-refractivity contribution in [3.05, 3.63) is 6.43 Å². The molecule has 0 aromatic carbocycles. The number of hydrogen-bond donors (Lipinski definition) is 0. The molecule has 0 saturated heterocycles. The lowest BCUT2D eigenvalue weighted by molar-refractivity contribution is 0.142. The standard InChI is InChI=1S/C3H2Cl2F3/c4-1-3(5,8)2(6)7/h1H2. The van der Waals surface area contributed by atoms with Gasteiger partial charge < -0.3 is 0 Å². The Labute approximate surface area is 54.6 Å². The fraction of sp³-hybridized carbons (Fsp3) is 0.667. The summed E-state index contributed by atoms with van der Waals surface area (Å²) in [5.41, 5.74) is 0. The highest BCUT2D eigenvalue weighted by Crippen LogP contribution is 2.32. The lowest BCUT2D eigenvalue weighted by Crippen LogP contribution is -2.20. The summed E-state index contributed by atoms with van der Waals surface area (Å²) in [5, 5.41) is -3.14. The van der Waals surface area contributed by atoms with Crippen molar-refractivity contribution in [2.75, 3.05) is 5.88 Å². The molecule has 1 atom stereocenters. The number of halogens is 5. The smallest absolute Gasteiger partial charge is 0.218 e. The Hall–Kier alpha value is 0.370. The molecule has 0 rings (SSSR count). The van der Waals surface area contributed by atoms with Crippen LogP contribution in [0.2, 0.25) is 0 Å². The third-order valence-electron chi connectivity index (χ3n) is 0.444. The van der Waals surface area contributed by atoms with Gasteiger partial charge in [-0.05, 0) is 0 Å². The normalized spacial score (nSPS) is 18.8. The summed E-state index contributed by atoms with van der Waals surface area (Å²) in [6.45, 7) is 0. The molecule has 49 valence electrons. The summed E-state index contributed by atoms with van der Waals surface area (Å²) in [4.78, 5) is 0. The van der Waals surface area contributed by atoms with Crippen LogP contribution in [-0.2, 0) is 0 Å². The summed E-state index contributed by atoms with van der Waals surface area (Å²) < 4.78 is 34.1. The number of alkyl halides is 3. The predicted octanol–water partition coefficient (Wildman–Crippen LogP) is 2.56. The molecule has 0 bridgehead atoms. The molecule has 0 aliphatic rings.